The van der Waals surface area contributed by atoms with Crippen LogP contribution in [-0.4, -0.2) is 38.1 Å². The molecule has 26 heavy (non-hydrogen) atoms. The minimum Gasteiger partial charge on any atom is -0.483 e. The number of halogens is 2. The molecule has 1 unspecified atom stereocenters. The number of fused-ring (bicyclic) bond motifs is 1. The highest BCUT2D eigenvalue weighted by atomic mass is 79.9. The first-order valence-electron chi connectivity index (χ1n) is 7.85. The van der Waals surface area contributed by atoms with E-state index in [9.17, 15) is 9.59 Å². The Labute approximate surface area is 164 Å². The monoisotopic (exact) mass is 438 g/mol. The highest BCUT2D eigenvalue weighted by Crippen LogP contribution is 2.33. The van der Waals surface area contributed by atoms with Crippen LogP contribution in [0.25, 0.3) is 0 Å². The smallest absolute Gasteiger partial charge is 0.265 e. The molecule has 0 aromatic heterocycles. The fraction of sp³-hybridized carbons (Fsp3) is 0.222. The number of para-hydroxylation sites is 2. The largest absolute Gasteiger partial charge is 0.483 e. The summed E-state index contributed by atoms with van der Waals surface area (Å²) in [6.45, 7) is -0.0737. The Balaban J connectivity index is 1.77. The molecule has 2 amide bonds. The fourth-order valence-electron chi connectivity index (χ4n) is 2.58. The maximum absolute atomic E-state index is 12.7. The van der Waals surface area contributed by atoms with E-state index < -0.39 is 6.10 Å². The second kappa shape index (κ2) is 7.97. The molecule has 0 fully saturated rings. The van der Waals surface area contributed by atoms with Crippen molar-refractivity contribution in [3.63, 3.8) is 0 Å². The predicted octanol–water partition coefficient (Wildman–Crippen LogP) is 3.02. The Morgan fingerprint density at radius 1 is 1.35 bits per heavy atom. The van der Waals surface area contributed by atoms with E-state index in [0.29, 0.717) is 26.7 Å². The summed E-state index contributed by atoms with van der Waals surface area (Å²) >= 11 is 9.25. The molecule has 2 aromatic carbocycles. The van der Waals surface area contributed by atoms with Crippen molar-refractivity contribution in [2.24, 2.45) is 0 Å². The lowest BCUT2D eigenvalue weighted by Crippen LogP contribution is -2.51. The van der Waals surface area contributed by atoms with E-state index in [4.69, 9.17) is 21.1 Å². The summed E-state index contributed by atoms with van der Waals surface area (Å²) in [6, 6.07) is 12.1. The van der Waals surface area contributed by atoms with E-state index in [1.54, 1.807) is 42.5 Å². The Morgan fingerprint density at radius 2 is 2.12 bits per heavy atom. The SMILES string of the molecule is CNC(=O)C1CN(C(=O)COc2ccc(Cl)cc2Br)c2ccccc2O1. The van der Waals surface area contributed by atoms with Gasteiger partial charge in [-0.1, -0.05) is 23.7 Å². The van der Waals surface area contributed by atoms with E-state index in [1.165, 1.54) is 11.9 Å². The van der Waals surface area contributed by atoms with E-state index in [-0.39, 0.29) is 25.0 Å². The molecule has 0 aliphatic carbocycles. The van der Waals surface area contributed by atoms with Crippen LogP contribution in [0.1, 0.15) is 0 Å². The van der Waals surface area contributed by atoms with Crippen molar-refractivity contribution in [1.29, 1.82) is 0 Å². The molecule has 3 rings (SSSR count). The van der Waals surface area contributed by atoms with Crippen LogP contribution in [0.3, 0.4) is 0 Å². The minimum atomic E-state index is -0.777. The van der Waals surface area contributed by atoms with Crippen LogP contribution in [0.15, 0.2) is 46.9 Å². The molecule has 2 aromatic rings. The zero-order chi connectivity index (χ0) is 18.7. The van der Waals surface area contributed by atoms with Crippen LogP contribution < -0.4 is 19.7 Å². The number of amides is 2. The first-order valence-corrected chi connectivity index (χ1v) is 9.02. The number of nitrogens with one attached hydrogen (secondary N) is 1. The Morgan fingerprint density at radius 3 is 2.85 bits per heavy atom. The Bertz CT molecular complexity index is 846. The first kappa shape index (κ1) is 18.5. The molecule has 1 heterocycles. The number of carbonyl (C=O) groups excluding carboxylic acids is 2. The molecule has 136 valence electrons. The van der Waals surface area contributed by atoms with Gasteiger partial charge in [0.25, 0.3) is 11.8 Å². The fourth-order valence-corrected chi connectivity index (χ4v) is 3.37. The average Bonchev–Trinajstić information content (AvgIpc) is 2.65. The second-order valence-electron chi connectivity index (χ2n) is 5.56. The summed E-state index contributed by atoms with van der Waals surface area (Å²) in [5, 5.41) is 3.10. The lowest BCUT2D eigenvalue weighted by molar-refractivity contribution is -0.128. The third kappa shape index (κ3) is 3.94. The average molecular weight is 440 g/mol. The van der Waals surface area contributed by atoms with Crippen LogP contribution in [0.5, 0.6) is 11.5 Å². The summed E-state index contributed by atoms with van der Waals surface area (Å²) in [7, 11) is 1.53. The lowest BCUT2D eigenvalue weighted by Gasteiger charge is -2.33. The first-order chi connectivity index (χ1) is 12.5. The van der Waals surface area contributed by atoms with Gasteiger partial charge in [0.15, 0.2) is 12.7 Å². The molecule has 0 spiro atoms. The van der Waals surface area contributed by atoms with Gasteiger partial charge in [-0.2, -0.15) is 0 Å². The summed E-state index contributed by atoms with van der Waals surface area (Å²) in [5.74, 6) is 0.413. The van der Waals surface area contributed by atoms with Gasteiger partial charge in [0.05, 0.1) is 16.7 Å². The normalized spacial score (nSPS) is 15.7. The summed E-state index contributed by atoms with van der Waals surface area (Å²) in [4.78, 5) is 26.2. The summed E-state index contributed by atoms with van der Waals surface area (Å²) in [6.07, 6.45) is -0.777. The van der Waals surface area contributed by atoms with Crippen molar-refractivity contribution in [3.05, 3.63) is 52.0 Å². The van der Waals surface area contributed by atoms with Crippen molar-refractivity contribution >= 4 is 45.0 Å². The van der Waals surface area contributed by atoms with Crippen molar-refractivity contribution < 1.29 is 19.1 Å². The van der Waals surface area contributed by atoms with Crippen molar-refractivity contribution in [2.45, 2.75) is 6.10 Å². The lowest BCUT2D eigenvalue weighted by atomic mass is 10.1. The molecular weight excluding hydrogens is 424 g/mol. The standard InChI is InChI=1S/C18H16BrClN2O4/c1-21-18(24)16-9-22(13-4-2-3-5-15(13)26-16)17(23)10-25-14-7-6-11(20)8-12(14)19/h2-8,16H,9-10H2,1H3,(H,21,24). The maximum atomic E-state index is 12.7. The van der Waals surface area contributed by atoms with Crippen LogP contribution in [0.4, 0.5) is 5.69 Å². The number of likely N-dealkylation sites (N-methyl/N-ethyl adjacent to an activating group) is 1. The van der Waals surface area contributed by atoms with E-state index >= 15 is 0 Å². The van der Waals surface area contributed by atoms with Crippen LogP contribution in [0.2, 0.25) is 5.02 Å². The van der Waals surface area contributed by atoms with Crippen molar-refractivity contribution in [3.8, 4) is 11.5 Å². The third-order valence-corrected chi connectivity index (χ3v) is 4.71. The summed E-state index contributed by atoms with van der Waals surface area (Å²) in [5.41, 5.74) is 0.608. The highest BCUT2D eigenvalue weighted by molar-refractivity contribution is 9.10. The number of rotatable bonds is 4. The molecule has 1 atom stereocenters. The molecule has 0 radical (unpaired) electrons. The van der Waals surface area contributed by atoms with Crippen LogP contribution in [-0.2, 0) is 9.59 Å². The van der Waals surface area contributed by atoms with Gasteiger partial charge in [-0.25, -0.2) is 0 Å². The van der Waals surface area contributed by atoms with Gasteiger partial charge in [-0.3, -0.25) is 9.59 Å². The van der Waals surface area contributed by atoms with Gasteiger partial charge >= 0.3 is 0 Å². The van der Waals surface area contributed by atoms with Gasteiger partial charge in [0.2, 0.25) is 0 Å². The zero-order valence-electron chi connectivity index (χ0n) is 13.9. The van der Waals surface area contributed by atoms with Crippen LogP contribution in [0, 0.1) is 0 Å². The van der Waals surface area contributed by atoms with Crippen molar-refractivity contribution in [2.75, 3.05) is 25.1 Å². The molecule has 8 heteroatoms. The number of nitrogens with zero attached hydrogens (tertiary/aromatic N) is 1. The molecular formula is C18H16BrClN2O4. The maximum Gasteiger partial charge on any atom is 0.265 e. The minimum absolute atomic E-state index is 0.112. The number of carbonyl (C=O) groups is 2. The molecule has 1 aliphatic rings. The predicted molar refractivity (Wildman–Crippen MR) is 102 cm³/mol. The van der Waals surface area contributed by atoms with E-state index in [0.717, 1.165) is 0 Å². The topological polar surface area (TPSA) is 67.9 Å². The van der Waals surface area contributed by atoms with Crippen LogP contribution >= 0.6 is 27.5 Å². The van der Waals surface area contributed by atoms with E-state index in [1.807, 2.05) is 0 Å². The Kier molecular flexibility index (Phi) is 5.68. The third-order valence-electron chi connectivity index (χ3n) is 3.86. The quantitative estimate of drug-likeness (QED) is 0.795. The number of ether oxygens (including phenoxy) is 2. The molecule has 1 N–H and O–H groups in total. The molecule has 0 saturated carbocycles. The number of hydrogen-bond acceptors (Lipinski definition) is 4. The van der Waals surface area contributed by atoms with Gasteiger partial charge in [-0.15, -0.1) is 0 Å². The van der Waals surface area contributed by atoms with Crippen molar-refractivity contribution in [1.82, 2.24) is 5.32 Å². The van der Waals surface area contributed by atoms with Gasteiger partial charge in [0, 0.05) is 12.1 Å². The molecule has 0 bridgehead atoms. The summed E-state index contributed by atoms with van der Waals surface area (Å²) < 4.78 is 12.0. The molecule has 0 saturated heterocycles. The van der Waals surface area contributed by atoms with E-state index in [2.05, 4.69) is 21.2 Å². The van der Waals surface area contributed by atoms with Gasteiger partial charge in [0.1, 0.15) is 11.5 Å². The zero-order valence-corrected chi connectivity index (χ0v) is 16.2. The Hall–Kier alpha value is -2.25. The van der Waals surface area contributed by atoms with Gasteiger partial charge < -0.3 is 19.7 Å². The highest BCUT2D eigenvalue weighted by Gasteiger charge is 2.33. The number of benzene rings is 2. The molecule has 1 aliphatic heterocycles. The second-order valence-corrected chi connectivity index (χ2v) is 6.85. The van der Waals surface area contributed by atoms with Gasteiger partial charge in [-0.05, 0) is 46.3 Å². The molecule has 6 nitrogen and oxygen atoms in total. The number of hydrogen-bond donors (Lipinski definition) is 1. The number of anilines is 1.